The topological polar surface area (TPSA) is 26.3 Å². The highest BCUT2D eigenvalue weighted by molar-refractivity contribution is 7.99. The number of carbonyl (C=O) groups excluding carboxylic acids is 1. The van der Waals surface area contributed by atoms with Crippen molar-refractivity contribution >= 4 is 17.5 Å². The van der Waals surface area contributed by atoms with Gasteiger partial charge >= 0.3 is 0 Å². The molecular weight excluding hydrogens is 232 g/mol. The molecule has 2 aromatic rings. The third-order valence-electron chi connectivity index (χ3n) is 2.64. The fourth-order valence-electron chi connectivity index (χ4n) is 1.83. The maximum Gasteiger partial charge on any atom is 0.161 e. The standard InChI is InChI=1S/C14H10O2S/c1-9(15)10-5-4-7-12-14(10)17-13-8-3-2-6-11(13)16-12/h2-8H,1H3. The van der Waals surface area contributed by atoms with Crippen LogP contribution in [0, 0.1) is 0 Å². The molecule has 84 valence electrons. The van der Waals surface area contributed by atoms with Crippen LogP contribution in [0.5, 0.6) is 11.5 Å². The van der Waals surface area contributed by atoms with Crippen molar-refractivity contribution in [1.29, 1.82) is 0 Å². The molecule has 0 saturated carbocycles. The van der Waals surface area contributed by atoms with E-state index in [0.717, 1.165) is 26.9 Å². The van der Waals surface area contributed by atoms with Crippen LogP contribution < -0.4 is 4.74 Å². The molecule has 0 amide bonds. The molecule has 0 radical (unpaired) electrons. The van der Waals surface area contributed by atoms with E-state index in [-0.39, 0.29) is 5.78 Å². The molecule has 2 nitrogen and oxygen atoms in total. The van der Waals surface area contributed by atoms with Gasteiger partial charge in [0, 0.05) is 5.56 Å². The summed E-state index contributed by atoms with van der Waals surface area (Å²) in [6.07, 6.45) is 0. The lowest BCUT2D eigenvalue weighted by molar-refractivity contribution is 0.101. The lowest BCUT2D eigenvalue weighted by atomic mass is 10.1. The molecule has 17 heavy (non-hydrogen) atoms. The lowest BCUT2D eigenvalue weighted by Crippen LogP contribution is -2.01. The number of benzene rings is 2. The van der Waals surface area contributed by atoms with Gasteiger partial charge in [-0.25, -0.2) is 0 Å². The average molecular weight is 242 g/mol. The van der Waals surface area contributed by atoms with Gasteiger partial charge in [0.15, 0.2) is 5.78 Å². The first kappa shape index (κ1) is 10.4. The van der Waals surface area contributed by atoms with Crippen LogP contribution in [0.1, 0.15) is 17.3 Å². The minimum absolute atomic E-state index is 0.0670. The van der Waals surface area contributed by atoms with E-state index in [9.17, 15) is 4.79 Å². The summed E-state index contributed by atoms with van der Waals surface area (Å²) in [5, 5.41) is 0. The van der Waals surface area contributed by atoms with Crippen molar-refractivity contribution in [2.24, 2.45) is 0 Å². The summed E-state index contributed by atoms with van der Waals surface area (Å²) in [7, 11) is 0. The first-order valence-electron chi connectivity index (χ1n) is 5.34. The summed E-state index contributed by atoms with van der Waals surface area (Å²) in [6.45, 7) is 1.58. The minimum Gasteiger partial charge on any atom is -0.455 e. The van der Waals surface area contributed by atoms with Gasteiger partial charge in [-0.15, -0.1) is 0 Å². The quantitative estimate of drug-likeness (QED) is 0.600. The van der Waals surface area contributed by atoms with E-state index in [1.807, 2.05) is 42.5 Å². The summed E-state index contributed by atoms with van der Waals surface area (Å²) in [5.41, 5.74) is 0.724. The molecule has 2 aromatic carbocycles. The Balaban J connectivity index is 2.15. The molecular formula is C14H10O2S. The molecule has 0 aromatic heterocycles. The molecule has 0 bridgehead atoms. The van der Waals surface area contributed by atoms with Gasteiger partial charge in [-0.2, -0.15) is 0 Å². The van der Waals surface area contributed by atoms with E-state index in [1.54, 1.807) is 18.7 Å². The molecule has 0 spiro atoms. The highest BCUT2D eigenvalue weighted by Gasteiger charge is 2.21. The number of rotatable bonds is 1. The number of carbonyl (C=O) groups is 1. The molecule has 3 rings (SSSR count). The van der Waals surface area contributed by atoms with Crippen molar-refractivity contribution in [2.45, 2.75) is 16.7 Å². The monoisotopic (exact) mass is 242 g/mol. The fraction of sp³-hybridized carbons (Fsp3) is 0.0714. The van der Waals surface area contributed by atoms with Gasteiger partial charge in [0.25, 0.3) is 0 Å². The zero-order valence-electron chi connectivity index (χ0n) is 9.27. The van der Waals surface area contributed by atoms with E-state index in [4.69, 9.17) is 4.74 Å². The van der Waals surface area contributed by atoms with Gasteiger partial charge in [-0.3, -0.25) is 4.79 Å². The predicted molar refractivity (Wildman–Crippen MR) is 67.1 cm³/mol. The molecule has 3 heteroatoms. The summed E-state index contributed by atoms with van der Waals surface area (Å²) in [6, 6.07) is 13.4. The highest BCUT2D eigenvalue weighted by Crippen LogP contribution is 2.48. The van der Waals surface area contributed by atoms with Crippen LogP contribution in [0.2, 0.25) is 0 Å². The summed E-state index contributed by atoms with van der Waals surface area (Å²) >= 11 is 1.59. The fourth-order valence-corrected chi connectivity index (χ4v) is 2.93. The number of fused-ring (bicyclic) bond motifs is 2. The van der Waals surface area contributed by atoms with Crippen LogP contribution in [0.3, 0.4) is 0 Å². The second-order valence-electron chi connectivity index (χ2n) is 3.84. The number of ketones is 1. The summed E-state index contributed by atoms with van der Waals surface area (Å²) in [5.74, 6) is 1.68. The van der Waals surface area contributed by atoms with Crippen molar-refractivity contribution in [3.05, 3.63) is 48.0 Å². The second-order valence-corrected chi connectivity index (χ2v) is 4.89. The minimum atomic E-state index is 0.0670. The number of hydrogen-bond acceptors (Lipinski definition) is 3. The Morgan fingerprint density at radius 3 is 2.65 bits per heavy atom. The normalized spacial score (nSPS) is 12.3. The Morgan fingerprint density at radius 2 is 1.82 bits per heavy atom. The van der Waals surface area contributed by atoms with Crippen molar-refractivity contribution in [1.82, 2.24) is 0 Å². The zero-order chi connectivity index (χ0) is 11.8. The van der Waals surface area contributed by atoms with Crippen molar-refractivity contribution < 1.29 is 9.53 Å². The average Bonchev–Trinajstić information content (AvgIpc) is 2.35. The SMILES string of the molecule is CC(=O)c1cccc2c1Sc1ccccc1O2. The molecule has 0 N–H and O–H groups in total. The van der Waals surface area contributed by atoms with Crippen LogP contribution in [0.15, 0.2) is 52.3 Å². The molecule has 0 saturated heterocycles. The van der Waals surface area contributed by atoms with Crippen LogP contribution in [0.25, 0.3) is 0 Å². The second kappa shape index (κ2) is 3.93. The van der Waals surface area contributed by atoms with Crippen molar-refractivity contribution in [3.63, 3.8) is 0 Å². The van der Waals surface area contributed by atoms with Crippen LogP contribution in [-0.4, -0.2) is 5.78 Å². The van der Waals surface area contributed by atoms with Crippen LogP contribution >= 0.6 is 11.8 Å². The molecule has 0 fully saturated rings. The van der Waals surface area contributed by atoms with Crippen LogP contribution in [0.4, 0.5) is 0 Å². The van der Waals surface area contributed by atoms with E-state index in [2.05, 4.69) is 0 Å². The largest absolute Gasteiger partial charge is 0.455 e. The maximum absolute atomic E-state index is 11.6. The first-order chi connectivity index (χ1) is 8.25. The number of para-hydroxylation sites is 1. The molecule has 1 aliphatic rings. The Kier molecular flexibility index (Phi) is 2.41. The van der Waals surface area contributed by atoms with E-state index >= 15 is 0 Å². The Labute approximate surface area is 104 Å². The van der Waals surface area contributed by atoms with Gasteiger partial charge in [0.05, 0.1) is 9.79 Å². The third-order valence-corrected chi connectivity index (χ3v) is 3.82. The summed E-state index contributed by atoms with van der Waals surface area (Å²) < 4.78 is 5.80. The number of Topliss-reactive ketones (excluding diaryl/α,β-unsaturated/α-hetero) is 1. The predicted octanol–water partition coefficient (Wildman–Crippen LogP) is 4.15. The van der Waals surface area contributed by atoms with Gasteiger partial charge in [0.2, 0.25) is 0 Å². The first-order valence-corrected chi connectivity index (χ1v) is 6.16. The molecule has 0 unspecified atom stereocenters. The van der Waals surface area contributed by atoms with Gasteiger partial charge in [-0.1, -0.05) is 36.0 Å². The van der Waals surface area contributed by atoms with Crippen molar-refractivity contribution in [3.8, 4) is 11.5 Å². The Morgan fingerprint density at radius 1 is 1.06 bits per heavy atom. The number of hydrogen-bond donors (Lipinski definition) is 0. The Bertz CT molecular complexity index is 605. The zero-order valence-corrected chi connectivity index (χ0v) is 10.1. The molecule has 1 heterocycles. The van der Waals surface area contributed by atoms with E-state index in [1.165, 1.54) is 0 Å². The molecule has 1 aliphatic heterocycles. The van der Waals surface area contributed by atoms with Gasteiger partial charge < -0.3 is 4.74 Å². The number of ether oxygens (including phenoxy) is 1. The van der Waals surface area contributed by atoms with Crippen LogP contribution in [-0.2, 0) is 0 Å². The van der Waals surface area contributed by atoms with Gasteiger partial charge in [0.1, 0.15) is 11.5 Å². The van der Waals surface area contributed by atoms with E-state index in [0.29, 0.717) is 0 Å². The van der Waals surface area contributed by atoms with E-state index < -0.39 is 0 Å². The smallest absolute Gasteiger partial charge is 0.161 e. The third kappa shape index (κ3) is 1.72. The lowest BCUT2D eigenvalue weighted by Gasteiger charge is -2.20. The molecule has 0 aliphatic carbocycles. The maximum atomic E-state index is 11.6. The van der Waals surface area contributed by atoms with Gasteiger partial charge in [-0.05, 0) is 25.1 Å². The van der Waals surface area contributed by atoms with Crippen molar-refractivity contribution in [2.75, 3.05) is 0 Å². The highest BCUT2D eigenvalue weighted by atomic mass is 32.2. The Hall–Kier alpha value is -1.74. The molecule has 0 atom stereocenters. The summed E-state index contributed by atoms with van der Waals surface area (Å²) in [4.78, 5) is 13.5.